The summed E-state index contributed by atoms with van der Waals surface area (Å²) in [5, 5.41) is 14.3. The van der Waals surface area contributed by atoms with E-state index in [1.54, 1.807) is 29.2 Å². The molecule has 1 aliphatic rings. The summed E-state index contributed by atoms with van der Waals surface area (Å²) in [6.07, 6.45) is -3.60. The predicted octanol–water partition coefficient (Wildman–Crippen LogP) is 7.23. The summed E-state index contributed by atoms with van der Waals surface area (Å²) < 4.78 is 53.7. The van der Waals surface area contributed by atoms with E-state index in [-0.39, 0.29) is 39.4 Å². The van der Waals surface area contributed by atoms with Gasteiger partial charge >= 0.3 is 12.1 Å². The van der Waals surface area contributed by atoms with Gasteiger partial charge in [0.05, 0.1) is 27.8 Å². The number of hydrogen-bond donors (Lipinski definition) is 2. The topological polar surface area (TPSA) is 95.4 Å². The molecule has 1 fully saturated rings. The number of benzene rings is 2. The zero-order valence-corrected chi connectivity index (χ0v) is 23.0. The van der Waals surface area contributed by atoms with Crippen LogP contribution in [0.2, 0.25) is 10.0 Å². The third-order valence-corrected chi connectivity index (χ3v) is 7.91. The van der Waals surface area contributed by atoms with Crippen molar-refractivity contribution in [2.24, 2.45) is 5.92 Å². The number of carboxylic acid groups (broad SMARTS) is 1. The average molecular weight is 625 g/mol. The van der Waals surface area contributed by atoms with E-state index in [0.29, 0.717) is 23.5 Å². The number of nitrogens with zero attached hydrogens (tertiary/aromatic N) is 3. The minimum atomic E-state index is -4.87. The second kappa shape index (κ2) is 11.3. The third-order valence-electron chi connectivity index (χ3n) is 6.62. The summed E-state index contributed by atoms with van der Waals surface area (Å²) in [4.78, 5) is 34.9. The maximum absolute atomic E-state index is 14.5. The zero-order chi connectivity index (χ0) is 29.5. The van der Waals surface area contributed by atoms with Crippen LogP contribution in [0, 0.1) is 11.7 Å². The van der Waals surface area contributed by atoms with E-state index in [4.69, 9.17) is 23.2 Å². The fourth-order valence-corrected chi connectivity index (χ4v) is 5.75. The molecule has 7 nitrogen and oxygen atoms in total. The molecular formula is C27H18Cl2F4N4O3S. The molecule has 2 aromatic heterocycles. The van der Waals surface area contributed by atoms with Crippen molar-refractivity contribution in [1.82, 2.24) is 9.97 Å². The molecule has 0 spiro atoms. The molecule has 2 N–H and O–H groups in total. The van der Waals surface area contributed by atoms with Crippen LogP contribution >= 0.6 is 34.5 Å². The van der Waals surface area contributed by atoms with Crippen molar-refractivity contribution in [3.05, 3.63) is 92.7 Å². The first-order valence-electron chi connectivity index (χ1n) is 11.9. The van der Waals surface area contributed by atoms with Gasteiger partial charge in [-0.15, -0.1) is 11.3 Å². The fraction of sp³-hybridized carbons (Fsp3) is 0.185. The van der Waals surface area contributed by atoms with Gasteiger partial charge in [-0.05, 0) is 35.9 Å². The number of carbonyl (C=O) groups excluding carboxylic acids is 1. The number of pyridine rings is 1. The molecule has 4 aromatic rings. The molecule has 1 aliphatic heterocycles. The lowest BCUT2D eigenvalue weighted by atomic mass is 9.89. The number of aromatic nitrogens is 2. The van der Waals surface area contributed by atoms with Crippen molar-refractivity contribution >= 4 is 57.4 Å². The normalized spacial score (nSPS) is 17.1. The van der Waals surface area contributed by atoms with Gasteiger partial charge in [-0.1, -0.05) is 41.4 Å². The number of alkyl halides is 3. The van der Waals surface area contributed by atoms with E-state index in [0.717, 1.165) is 23.0 Å². The molecule has 5 rings (SSSR count). The zero-order valence-electron chi connectivity index (χ0n) is 20.6. The van der Waals surface area contributed by atoms with Crippen LogP contribution in [0.5, 0.6) is 0 Å². The Hall–Kier alpha value is -3.74. The number of amides is 1. The molecule has 2 aromatic carbocycles. The Balaban J connectivity index is 1.31. The van der Waals surface area contributed by atoms with Gasteiger partial charge in [0.25, 0.3) is 5.91 Å². The first-order valence-corrected chi connectivity index (χ1v) is 13.6. The minimum Gasteiger partial charge on any atom is -0.481 e. The highest BCUT2D eigenvalue weighted by Crippen LogP contribution is 2.39. The molecule has 2 atom stereocenters. The lowest BCUT2D eigenvalue weighted by Crippen LogP contribution is -2.24. The molecule has 0 radical (unpaired) electrons. The molecule has 0 saturated carbocycles. The van der Waals surface area contributed by atoms with Crippen LogP contribution in [0.15, 0.2) is 60.1 Å². The Morgan fingerprint density at radius 2 is 1.83 bits per heavy atom. The lowest BCUT2D eigenvalue weighted by Gasteiger charge is -2.19. The molecule has 0 unspecified atom stereocenters. The Morgan fingerprint density at radius 3 is 2.49 bits per heavy atom. The van der Waals surface area contributed by atoms with Crippen molar-refractivity contribution < 1.29 is 32.3 Å². The van der Waals surface area contributed by atoms with Gasteiger partial charge in [-0.2, -0.15) is 13.2 Å². The van der Waals surface area contributed by atoms with Gasteiger partial charge in [-0.3, -0.25) is 14.9 Å². The van der Waals surface area contributed by atoms with Crippen molar-refractivity contribution in [2.75, 3.05) is 23.3 Å². The van der Waals surface area contributed by atoms with Crippen LogP contribution < -0.4 is 10.2 Å². The van der Waals surface area contributed by atoms with Crippen LogP contribution in [-0.2, 0) is 11.0 Å². The van der Waals surface area contributed by atoms with Crippen molar-refractivity contribution in [2.45, 2.75) is 12.1 Å². The van der Waals surface area contributed by atoms with E-state index in [9.17, 15) is 32.3 Å². The smallest absolute Gasteiger partial charge is 0.419 e. The molecule has 0 aliphatic carbocycles. The number of aliphatic carboxylic acids is 1. The van der Waals surface area contributed by atoms with Crippen LogP contribution in [0.4, 0.5) is 28.5 Å². The number of anilines is 2. The van der Waals surface area contributed by atoms with Gasteiger partial charge in [0.15, 0.2) is 5.13 Å². The van der Waals surface area contributed by atoms with E-state index < -0.39 is 35.4 Å². The second-order valence-corrected chi connectivity index (χ2v) is 10.9. The Labute approximate surface area is 244 Å². The van der Waals surface area contributed by atoms with Gasteiger partial charge in [-0.25, -0.2) is 14.4 Å². The summed E-state index contributed by atoms with van der Waals surface area (Å²) >= 11 is 13.3. The van der Waals surface area contributed by atoms with Crippen molar-refractivity contribution in [3.63, 3.8) is 0 Å². The van der Waals surface area contributed by atoms with Crippen molar-refractivity contribution in [3.8, 4) is 11.3 Å². The highest BCUT2D eigenvalue weighted by molar-refractivity contribution is 7.14. The molecule has 1 saturated heterocycles. The molecule has 14 heteroatoms. The largest absolute Gasteiger partial charge is 0.481 e. The van der Waals surface area contributed by atoms with Crippen LogP contribution in [0.25, 0.3) is 11.3 Å². The highest BCUT2D eigenvalue weighted by atomic mass is 35.5. The van der Waals surface area contributed by atoms with Crippen molar-refractivity contribution in [1.29, 1.82) is 0 Å². The number of nitrogens with one attached hydrogen (secondary N) is 1. The summed E-state index contributed by atoms with van der Waals surface area (Å²) in [5.74, 6) is -3.83. The minimum absolute atomic E-state index is 0.0247. The summed E-state index contributed by atoms with van der Waals surface area (Å²) in [6.45, 7) is 0.472. The standard InChI is InChI=1S/C27H18Cl2F4N4O3S/c28-15-6-4-13(5-7-15)17-10-37(11-18(17)25(39)40)23-20(29)8-14(9-34-23)24(38)36-26-35-21(12-41-26)16-2-1-3-19(22(16)30)27(31,32)33/h1-9,12,17-18H,10-11H2,(H,39,40)(H,35,36,38)/t17-,18+/m1/s1. The number of rotatable bonds is 6. The third kappa shape index (κ3) is 5.99. The fourth-order valence-electron chi connectivity index (χ4n) is 4.64. The summed E-state index contributed by atoms with van der Waals surface area (Å²) in [5.41, 5.74) is -0.972. The number of hydrogen-bond acceptors (Lipinski definition) is 6. The first-order chi connectivity index (χ1) is 19.4. The molecule has 3 heterocycles. The molecule has 0 bridgehead atoms. The van der Waals surface area contributed by atoms with Crippen LogP contribution in [0.3, 0.4) is 0 Å². The molecular weight excluding hydrogens is 607 g/mol. The van der Waals surface area contributed by atoms with Gasteiger partial charge < -0.3 is 10.0 Å². The molecule has 1 amide bonds. The van der Waals surface area contributed by atoms with Gasteiger partial charge in [0, 0.05) is 41.2 Å². The molecule has 41 heavy (non-hydrogen) atoms. The van der Waals surface area contributed by atoms with Gasteiger partial charge in [0.2, 0.25) is 0 Å². The summed E-state index contributed by atoms with van der Waals surface area (Å²) in [7, 11) is 0. The monoisotopic (exact) mass is 624 g/mol. The lowest BCUT2D eigenvalue weighted by molar-refractivity contribution is -0.141. The number of carbonyl (C=O) groups is 2. The number of carboxylic acids is 1. The quantitative estimate of drug-likeness (QED) is 0.220. The average Bonchev–Trinajstić information content (AvgIpc) is 3.56. The van der Waals surface area contributed by atoms with E-state index >= 15 is 0 Å². The second-order valence-electron chi connectivity index (χ2n) is 9.19. The summed E-state index contributed by atoms with van der Waals surface area (Å²) in [6, 6.07) is 11.2. The Bertz CT molecular complexity index is 1630. The Kier molecular flexibility index (Phi) is 7.91. The SMILES string of the molecule is O=C(Nc1nc(-c2cccc(C(F)(F)F)c2F)cs1)c1cnc(N2C[C@H](C(=O)O)[C@@H](c3ccc(Cl)cc3)C2)c(Cl)c1. The maximum Gasteiger partial charge on any atom is 0.419 e. The van der Waals surface area contributed by atoms with E-state index in [1.807, 2.05) is 0 Å². The van der Waals surface area contributed by atoms with Crippen LogP contribution in [0.1, 0.15) is 27.4 Å². The number of halogens is 6. The maximum atomic E-state index is 14.5. The Morgan fingerprint density at radius 1 is 1.10 bits per heavy atom. The van der Waals surface area contributed by atoms with Gasteiger partial charge in [0.1, 0.15) is 11.6 Å². The van der Waals surface area contributed by atoms with Crippen LogP contribution in [-0.4, -0.2) is 40.0 Å². The predicted molar refractivity (Wildman–Crippen MR) is 147 cm³/mol. The van der Waals surface area contributed by atoms with E-state index in [1.165, 1.54) is 23.7 Å². The number of thiazole rings is 1. The highest BCUT2D eigenvalue weighted by Gasteiger charge is 2.40. The first kappa shape index (κ1) is 28.8. The molecule has 212 valence electrons. The van der Waals surface area contributed by atoms with E-state index in [2.05, 4.69) is 15.3 Å².